The molecule has 0 aliphatic rings. The Bertz CT molecular complexity index is 548. The first-order chi connectivity index (χ1) is 10.5. The number of hydrogen-bond acceptors (Lipinski definition) is 2. The van der Waals surface area contributed by atoms with Gasteiger partial charge in [0.25, 0.3) is 0 Å². The van der Waals surface area contributed by atoms with Gasteiger partial charge in [-0.15, -0.1) is 0 Å². The predicted octanol–water partition coefficient (Wildman–Crippen LogP) is 4.27. The standard InChI is InChI=1S/C19H34N2Si2/c1-17(2)20(22(5,6)7)15-16-21(18(3)4)23(8,9)19-13-11-10-12-14-19/h10-14,17-18H,1-9H3. The first kappa shape index (κ1) is 19.9. The number of rotatable bonds is 5. The molecular weight excluding hydrogens is 312 g/mol. The third-order valence-electron chi connectivity index (χ3n) is 4.13. The molecule has 0 unspecified atom stereocenters. The van der Waals surface area contributed by atoms with Crippen molar-refractivity contribution in [2.75, 3.05) is 0 Å². The van der Waals surface area contributed by atoms with Gasteiger partial charge < -0.3 is 9.13 Å². The lowest BCUT2D eigenvalue weighted by atomic mass is 10.4. The summed E-state index contributed by atoms with van der Waals surface area (Å²) in [6.45, 7) is 20.9. The fourth-order valence-electron chi connectivity index (χ4n) is 3.08. The number of hydrogen-bond donors (Lipinski definition) is 0. The topological polar surface area (TPSA) is 6.48 Å². The summed E-state index contributed by atoms with van der Waals surface area (Å²) in [7, 11) is -3.23. The lowest BCUT2D eigenvalue weighted by Crippen LogP contribution is -2.58. The van der Waals surface area contributed by atoms with E-state index in [4.69, 9.17) is 0 Å². The van der Waals surface area contributed by atoms with Gasteiger partial charge in [0, 0.05) is 24.2 Å². The van der Waals surface area contributed by atoms with E-state index < -0.39 is 16.5 Å². The minimum Gasteiger partial charge on any atom is -0.355 e. The fraction of sp³-hybridized carbons (Fsp3) is 0.579. The summed E-state index contributed by atoms with van der Waals surface area (Å²) in [5.74, 6) is 0. The Morgan fingerprint density at radius 2 is 1.17 bits per heavy atom. The van der Waals surface area contributed by atoms with E-state index in [-0.39, 0.29) is 0 Å². The van der Waals surface area contributed by atoms with Crippen LogP contribution in [0.25, 0.3) is 0 Å². The minimum atomic E-state index is -1.78. The van der Waals surface area contributed by atoms with Gasteiger partial charge in [-0.2, -0.15) is 0 Å². The van der Waals surface area contributed by atoms with Gasteiger partial charge in [-0.25, -0.2) is 0 Å². The van der Waals surface area contributed by atoms with Crippen molar-refractivity contribution in [2.45, 2.75) is 72.5 Å². The summed E-state index contributed by atoms with van der Waals surface area (Å²) in [5.41, 5.74) is 0. The maximum atomic E-state index is 3.55. The highest BCUT2D eigenvalue weighted by molar-refractivity contribution is 6.87. The highest BCUT2D eigenvalue weighted by Gasteiger charge is 2.32. The van der Waals surface area contributed by atoms with Crippen LogP contribution in [0.5, 0.6) is 0 Å². The molecule has 128 valence electrons. The van der Waals surface area contributed by atoms with Gasteiger partial charge in [0.05, 0.1) is 0 Å². The van der Waals surface area contributed by atoms with Crippen LogP contribution >= 0.6 is 0 Å². The lowest BCUT2D eigenvalue weighted by Gasteiger charge is -2.39. The largest absolute Gasteiger partial charge is 0.355 e. The van der Waals surface area contributed by atoms with E-state index >= 15 is 0 Å². The van der Waals surface area contributed by atoms with E-state index in [0.717, 1.165) is 0 Å². The molecule has 0 saturated heterocycles. The smallest absolute Gasteiger partial charge is 0.191 e. The van der Waals surface area contributed by atoms with Gasteiger partial charge in [-0.1, -0.05) is 50.0 Å². The van der Waals surface area contributed by atoms with E-state index in [1.54, 1.807) is 0 Å². The van der Waals surface area contributed by atoms with E-state index in [1.165, 1.54) is 5.19 Å². The molecule has 23 heavy (non-hydrogen) atoms. The molecule has 0 fully saturated rings. The zero-order chi connectivity index (χ0) is 17.8. The molecule has 0 amide bonds. The summed E-state index contributed by atoms with van der Waals surface area (Å²) in [6.07, 6.45) is 0. The second-order valence-corrected chi connectivity index (χ2v) is 17.2. The van der Waals surface area contributed by atoms with Gasteiger partial charge in [0.15, 0.2) is 16.5 Å². The molecule has 1 aromatic carbocycles. The predicted molar refractivity (Wildman–Crippen MR) is 109 cm³/mol. The maximum Gasteiger partial charge on any atom is 0.191 e. The Labute approximate surface area is 146 Å². The minimum absolute atomic E-state index is 0.417. The van der Waals surface area contributed by atoms with E-state index in [0.29, 0.717) is 12.1 Å². The first-order valence-electron chi connectivity index (χ1n) is 8.63. The molecule has 0 atom stereocenters. The maximum absolute atomic E-state index is 3.55. The van der Waals surface area contributed by atoms with Gasteiger partial charge in [0.1, 0.15) is 0 Å². The average Bonchev–Trinajstić information content (AvgIpc) is 2.42. The Morgan fingerprint density at radius 3 is 1.57 bits per heavy atom. The van der Waals surface area contributed by atoms with Crippen molar-refractivity contribution in [1.82, 2.24) is 9.13 Å². The second kappa shape index (κ2) is 7.59. The Morgan fingerprint density at radius 1 is 0.739 bits per heavy atom. The van der Waals surface area contributed by atoms with Crippen LogP contribution in [0.3, 0.4) is 0 Å². The first-order valence-corrected chi connectivity index (χ1v) is 15.0. The van der Waals surface area contributed by atoms with Crippen molar-refractivity contribution >= 4 is 21.7 Å². The molecule has 2 nitrogen and oxygen atoms in total. The van der Waals surface area contributed by atoms with Crippen LogP contribution in [0, 0.1) is 12.1 Å². The van der Waals surface area contributed by atoms with Gasteiger partial charge in [0.2, 0.25) is 0 Å². The molecule has 1 rings (SSSR count). The molecule has 0 saturated carbocycles. The Kier molecular flexibility index (Phi) is 6.55. The Hall–Kier alpha value is -1.19. The van der Waals surface area contributed by atoms with Crippen LogP contribution in [0.4, 0.5) is 0 Å². The second-order valence-electron chi connectivity index (χ2n) is 8.25. The molecule has 1 aromatic rings. The zero-order valence-corrected chi connectivity index (χ0v) is 18.4. The van der Waals surface area contributed by atoms with Crippen molar-refractivity contribution in [3.63, 3.8) is 0 Å². The quantitative estimate of drug-likeness (QED) is 0.446. The van der Waals surface area contributed by atoms with Crippen LogP contribution < -0.4 is 5.19 Å². The van der Waals surface area contributed by atoms with Crippen molar-refractivity contribution in [1.29, 1.82) is 0 Å². The summed E-state index contributed by atoms with van der Waals surface area (Å²) in [6, 6.07) is 18.8. The van der Waals surface area contributed by atoms with Gasteiger partial charge in [-0.05, 0) is 46.0 Å². The molecular formula is C19H34N2Si2. The highest BCUT2D eigenvalue weighted by atomic mass is 28.3. The van der Waals surface area contributed by atoms with Crippen molar-refractivity contribution in [2.24, 2.45) is 0 Å². The average molecular weight is 347 g/mol. The zero-order valence-electron chi connectivity index (χ0n) is 16.4. The molecule has 0 spiro atoms. The van der Waals surface area contributed by atoms with Crippen molar-refractivity contribution in [3.8, 4) is 12.1 Å². The summed E-state index contributed by atoms with van der Waals surface area (Å²) >= 11 is 0. The van der Waals surface area contributed by atoms with E-state index in [2.05, 4.69) is 112 Å². The fourth-order valence-corrected chi connectivity index (χ4v) is 7.92. The molecule has 4 heteroatoms. The van der Waals surface area contributed by atoms with Crippen LogP contribution in [-0.2, 0) is 0 Å². The molecule has 0 bridgehead atoms. The summed E-state index contributed by atoms with van der Waals surface area (Å²) in [5, 5.41) is 1.44. The van der Waals surface area contributed by atoms with Gasteiger partial charge >= 0.3 is 0 Å². The molecule has 0 N–H and O–H groups in total. The van der Waals surface area contributed by atoms with Gasteiger partial charge in [-0.3, -0.25) is 0 Å². The van der Waals surface area contributed by atoms with Crippen molar-refractivity contribution in [3.05, 3.63) is 30.3 Å². The summed E-state index contributed by atoms with van der Waals surface area (Å²) in [4.78, 5) is 0. The Balaban J connectivity index is 3.22. The highest BCUT2D eigenvalue weighted by Crippen LogP contribution is 2.15. The molecule has 0 aliphatic heterocycles. The summed E-state index contributed by atoms with van der Waals surface area (Å²) < 4.78 is 4.83. The molecule has 0 aromatic heterocycles. The molecule has 0 radical (unpaired) electrons. The van der Waals surface area contributed by atoms with E-state index in [1.807, 2.05) is 0 Å². The van der Waals surface area contributed by atoms with Crippen LogP contribution in [0.2, 0.25) is 32.7 Å². The number of nitrogens with zero attached hydrogens (tertiary/aromatic N) is 2. The SMILES string of the molecule is CC(C)N(C#CN(C(C)C)[Si](C)(C)c1ccccc1)[Si](C)(C)C. The normalized spacial score (nSPS) is 12.1. The monoisotopic (exact) mass is 346 g/mol. The molecule has 0 aliphatic carbocycles. The van der Waals surface area contributed by atoms with Crippen LogP contribution in [-0.4, -0.2) is 37.7 Å². The van der Waals surface area contributed by atoms with E-state index in [9.17, 15) is 0 Å². The molecule has 0 heterocycles. The van der Waals surface area contributed by atoms with Crippen molar-refractivity contribution < 1.29 is 0 Å². The van der Waals surface area contributed by atoms with Crippen LogP contribution in [0.1, 0.15) is 27.7 Å². The third-order valence-corrected chi connectivity index (χ3v) is 9.78. The van der Waals surface area contributed by atoms with Crippen LogP contribution in [0.15, 0.2) is 30.3 Å². The number of benzene rings is 1. The third kappa shape index (κ3) is 5.15. The lowest BCUT2D eigenvalue weighted by molar-refractivity contribution is 0.463.